The first kappa shape index (κ1) is 23.8. The highest BCUT2D eigenvalue weighted by Crippen LogP contribution is 2.32. The average Bonchev–Trinajstić information content (AvgIpc) is 2.85. The Hall–Kier alpha value is -4.39. The molecule has 0 bridgehead atoms. The minimum atomic E-state index is -0.492. The molecule has 0 spiro atoms. The SMILES string of the molecule is COC(=O)COc1cc(-c2ccc(C)cc2)nc2ccc(NC(=O)Nc3ccc(C)c(C)c3)cc12. The quantitative estimate of drug-likeness (QED) is 0.337. The summed E-state index contributed by atoms with van der Waals surface area (Å²) in [6.45, 7) is 5.79. The average molecular weight is 470 g/mol. The number of nitrogens with zero attached hydrogens (tertiary/aromatic N) is 1. The third-order valence-corrected chi connectivity index (χ3v) is 5.71. The molecule has 0 saturated carbocycles. The van der Waals surface area contributed by atoms with Crippen LogP contribution in [0.5, 0.6) is 5.75 Å². The second-order valence-corrected chi connectivity index (χ2v) is 8.35. The van der Waals surface area contributed by atoms with Crippen molar-refractivity contribution in [3.05, 3.63) is 83.4 Å². The van der Waals surface area contributed by atoms with E-state index in [0.717, 1.165) is 22.3 Å². The molecular weight excluding hydrogens is 442 g/mol. The molecule has 7 heteroatoms. The van der Waals surface area contributed by atoms with E-state index in [2.05, 4.69) is 10.6 Å². The van der Waals surface area contributed by atoms with E-state index >= 15 is 0 Å². The van der Waals surface area contributed by atoms with Crippen molar-refractivity contribution in [2.75, 3.05) is 24.4 Å². The number of hydrogen-bond acceptors (Lipinski definition) is 5. The molecule has 3 aromatic carbocycles. The van der Waals surface area contributed by atoms with Gasteiger partial charge in [-0.1, -0.05) is 35.9 Å². The fourth-order valence-electron chi connectivity index (χ4n) is 3.57. The van der Waals surface area contributed by atoms with Gasteiger partial charge in [0.25, 0.3) is 0 Å². The number of methoxy groups -OCH3 is 1. The van der Waals surface area contributed by atoms with Gasteiger partial charge in [0.15, 0.2) is 6.61 Å². The normalized spacial score (nSPS) is 10.6. The largest absolute Gasteiger partial charge is 0.481 e. The topological polar surface area (TPSA) is 89.6 Å². The van der Waals surface area contributed by atoms with Gasteiger partial charge >= 0.3 is 12.0 Å². The zero-order chi connectivity index (χ0) is 24.9. The Labute approximate surface area is 204 Å². The van der Waals surface area contributed by atoms with Gasteiger partial charge < -0.3 is 20.1 Å². The third kappa shape index (κ3) is 5.76. The number of hydrogen-bond donors (Lipinski definition) is 2. The number of aryl methyl sites for hydroxylation is 3. The smallest absolute Gasteiger partial charge is 0.343 e. The Morgan fingerprint density at radius 1 is 0.829 bits per heavy atom. The van der Waals surface area contributed by atoms with E-state index in [1.54, 1.807) is 18.2 Å². The van der Waals surface area contributed by atoms with Crippen molar-refractivity contribution in [1.29, 1.82) is 0 Å². The molecule has 0 saturated heterocycles. The highest BCUT2D eigenvalue weighted by atomic mass is 16.6. The number of anilines is 2. The summed E-state index contributed by atoms with van der Waals surface area (Å²) in [6.07, 6.45) is 0. The highest BCUT2D eigenvalue weighted by molar-refractivity contribution is 6.01. The first-order chi connectivity index (χ1) is 16.8. The molecule has 4 aromatic rings. The summed E-state index contributed by atoms with van der Waals surface area (Å²) in [5, 5.41) is 6.35. The van der Waals surface area contributed by atoms with Crippen LogP contribution >= 0.6 is 0 Å². The van der Waals surface area contributed by atoms with Gasteiger partial charge in [0.2, 0.25) is 0 Å². The number of esters is 1. The van der Waals surface area contributed by atoms with Gasteiger partial charge in [0.1, 0.15) is 5.75 Å². The van der Waals surface area contributed by atoms with Crippen molar-refractivity contribution < 1.29 is 19.1 Å². The molecule has 7 nitrogen and oxygen atoms in total. The van der Waals surface area contributed by atoms with E-state index in [9.17, 15) is 9.59 Å². The van der Waals surface area contributed by atoms with E-state index < -0.39 is 5.97 Å². The molecule has 35 heavy (non-hydrogen) atoms. The lowest BCUT2D eigenvalue weighted by Crippen LogP contribution is -2.19. The van der Waals surface area contributed by atoms with Crippen LogP contribution < -0.4 is 15.4 Å². The lowest BCUT2D eigenvalue weighted by molar-refractivity contribution is -0.142. The first-order valence-electron chi connectivity index (χ1n) is 11.2. The number of pyridine rings is 1. The molecule has 1 aromatic heterocycles. The molecule has 0 aliphatic rings. The van der Waals surface area contributed by atoms with Gasteiger partial charge in [-0.3, -0.25) is 0 Å². The van der Waals surface area contributed by atoms with Crippen molar-refractivity contribution in [1.82, 2.24) is 4.98 Å². The van der Waals surface area contributed by atoms with Gasteiger partial charge in [-0.25, -0.2) is 14.6 Å². The van der Waals surface area contributed by atoms with Crippen LogP contribution in [0.4, 0.5) is 16.2 Å². The molecule has 0 aliphatic heterocycles. The molecule has 0 aliphatic carbocycles. The number of carbonyl (C=O) groups is 2. The number of urea groups is 1. The minimum Gasteiger partial charge on any atom is -0.481 e. The van der Waals surface area contributed by atoms with Crippen LogP contribution in [-0.4, -0.2) is 30.7 Å². The second-order valence-electron chi connectivity index (χ2n) is 8.35. The van der Waals surface area contributed by atoms with Gasteiger partial charge in [-0.15, -0.1) is 0 Å². The molecule has 0 atom stereocenters. The maximum absolute atomic E-state index is 12.6. The van der Waals surface area contributed by atoms with Crippen LogP contribution in [0.1, 0.15) is 16.7 Å². The molecule has 2 amide bonds. The van der Waals surface area contributed by atoms with E-state index in [4.69, 9.17) is 14.5 Å². The van der Waals surface area contributed by atoms with Crippen LogP contribution in [0.3, 0.4) is 0 Å². The number of aromatic nitrogens is 1. The molecule has 178 valence electrons. The van der Waals surface area contributed by atoms with Crippen molar-refractivity contribution >= 4 is 34.3 Å². The zero-order valence-corrected chi connectivity index (χ0v) is 20.1. The van der Waals surface area contributed by atoms with Crippen LogP contribution in [0, 0.1) is 20.8 Å². The van der Waals surface area contributed by atoms with Crippen LogP contribution in [0.15, 0.2) is 66.7 Å². The maximum Gasteiger partial charge on any atom is 0.343 e. The number of fused-ring (bicyclic) bond motifs is 1. The lowest BCUT2D eigenvalue weighted by atomic mass is 10.1. The van der Waals surface area contributed by atoms with Crippen LogP contribution in [0.2, 0.25) is 0 Å². The Bertz CT molecular complexity index is 1400. The summed E-state index contributed by atoms with van der Waals surface area (Å²) in [6, 6.07) is 20.5. The minimum absolute atomic E-state index is 0.242. The number of nitrogens with one attached hydrogen (secondary N) is 2. The summed E-state index contributed by atoms with van der Waals surface area (Å²) < 4.78 is 10.5. The van der Waals surface area contributed by atoms with E-state index in [0.29, 0.717) is 33.7 Å². The molecular formula is C28H27N3O4. The third-order valence-electron chi connectivity index (χ3n) is 5.71. The summed E-state index contributed by atoms with van der Waals surface area (Å²) in [7, 11) is 1.31. The molecule has 0 fully saturated rings. The molecule has 2 N–H and O–H groups in total. The Morgan fingerprint density at radius 2 is 1.51 bits per heavy atom. The summed E-state index contributed by atoms with van der Waals surface area (Å²) >= 11 is 0. The van der Waals surface area contributed by atoms with E-state index in [1.807, 2.05) is 69.3 Å². The first-order valence-corrected chi connectivity index (χ1v) is 11.2. The maximum atomic E-state index is 12.6. The van der Waals surface area contributed by atoms with Crippen LogP contribution in [-0.2, 0) is 9.53 Å². The van der Waals surface area contributed by atoms with E-state index in [1.165, 1.54) is 7.11 Å². The van der Waals surface area contributed by atoms with Crippen LogP contribution in [0.25, 0.3) is 22.2 Å². The monoisotopic (exact) mass is 469 g/mol. The molecule has 4 rings (SSSR count). The van der Waals surface area contributed by atoms with Gasteiger partial charge in [-0.05, 0) is 62.2 Å². The van der Waals surface area contributed by atoms with Crippen molar-refractivity contribution in [2.45, 2.75) is 20.8 Å². The number of rotatable bonds is 6. The van der Waals surface area contributed by atoms with Gasteiger partial charge in [0, 0.05) is 28.4 Å². The van der Waals surface area contributed by atoms with Crippen molar-refractivity contribution in [3.8, 4) is 17.0 Å². The lowest BCUT2D eigenvalue weighted by Gasteiger charge is -2.13. The predicted octanol–water partition coefficient (Wildman–Crippen LogP) is 6.02. The van der Waals surface area contributed by atoms with Gasteiger partial charge in [0.05, 0.1) is 18.3 Å². The zero-order valence-electron chi connectivity index (χ0n) is 20.1. The Morgan fingerprint density at radius 3 is 2.20 bits per heavy atom. The van der Waals surface area contributed by atoms with Crippen molar-refractivity contribution in [3.63, 3.8) is 0 Å². The second kappa shape index (κ2) is 10.3. The number of carbonyl (C=O) groups excluding carboxylic acids is 2. The Kier molecular flexibility index (Phi) is 6.96. The highest BCUT2D eigenvalue weighted by Gasteiger charge is 2.13. The predicted molar refractivity (Wildman–Crippen MR) is 138 cm³/mol. The Balaban J connectivity index is 1.64. The fraction of sp³-hybridized carbons (Fsp3) is 0.179. The standard InChI is InChI=1S/C28H27N3O4/c1-17-5-8-20(9-6-17)25-15-26(35-16-27(32)34-4)23-14-22(11-12-24(23)31-25)30-28(33)29-21-10-7-18(2)19(3)13-21/h5-15H,16H2,1-4H3,(H2,29,30,33). The summed E-state index contributed by atoms with van der Waals surface area (Å²) in [4.78, 5) is 29.1. The molecule has 0 unspecified atom stereocenters. The molecule has 1 heterocycles. The number of ether oxygens (including phenoxy) is 2. The molecule has 0 radical (unpaired) electrons. The summed E-state index contributed by atoms with van der Waals surface area (Å²) in [5.74, 6) is -0.0249. The number of amides is 2. The summed E-state index contributed by atoms with van der Waals surface area (Å²) in [5.41, 5.74) is 6.97. The van der Waals surface area contributed by atoms with E-state index in [-0.39, 0.29) is 12.6 Å². The number of benzene rings is 3. The van der Waals surface area contributed by atoms with Gasteiger partial charge in [-0.2, -0.15) is 0 Å². The van der Waals surface area contributed by atoms with Crippen molar-refractivity contribution in [2.24, 2.45) is 0 Å². The fourth-order valence-corrected chi connectivity index (χ4v) is 3.57.